The second-order valence-corrected chi connectivity index (χ2v) is 5.27. The van der Waals surface area contributed by atoms with Crippen LogP contribution in [0.5, 0.6) is 0 Å². The fourth-order valence-corrected chi connectivity index (χ4v) is 2.27. The van der Waals surface area contributed by atoms with Crippen molar-refractivity contribution >= 4 is 0 Å². The second-order valence-electron chi connectivity index (χ2n) is 5.27. The van der Waals surface area contributed by atoms with Gasteiger partial charge < -0.3 is 0 Å². The molecule has 0 fully saturated rings. The molecule has 0 N–H and O–H groups in total. The van der Waals surface area contributed by atoms with Crippen molar-refractivity contribution in [3.8, 4) is 0 Å². The second kappa shape index (κ2) is 7.10. The Morgan fingerprint density at radius 1 is 0.842 bits per heavy atom. The van der Waals surface area contributed by atoms with Crippen molar-refractivity contribution in [3.05, 3.63) is 71.8 Å². The van der Waals surface area contributed by atoms with Crippen molar-refractivity contribution in [2.75, 3.05) is 7.05 Å². The first-order valence-electron chi connectivity index (χ1n) is 7.04. The van der Waals surface area contributed by atoms with Gasteiger partial charge in [0.05, 0.1) is 0 Å². The fraction of sp³-hybridized carbons (Fsp3) is 0.333. The van der Waals surface area contributed by atoms with Crippen LogP contribution in [0.25, 0.3) is 0 Å². The Bertz CT molecular complexity index is 464. The van der Waals surface area contributed by atoms with Crippen LogP contribution in [0.2, 0.25) is 0 Å². The zero-order chi connectivity index (χ0) is 13.5. The maximum absolute atomic E-state index is 2.43. The lowest BCUT2D eigenvalue weighted by Crippen LogP contribution is -2.28. The topological polar surface area (TPSA) is 3.24 Å². The van der Waals surface area contributed by atoms with Crippen molar-refractivity contribution in [2.45, 2.75) is 32.4 Å². The molecule has 1 unspecified atom stereocenters. The maximum atomic E-state index is 2.43. The van der Waals surface area contributed by atoms with Crippen LogP contribution in [0, 0.1) is 0 Å². The summed E-state index contributed by atoms with van der Waals surface area (Å²) in [5, 5.41) is 0. The van der Waals surface area contributed by atoms with Gasteiger partial charge in [0, 0.05) is 12.6 Å². The van der Waals surface area contributed by atoms with Crippen molar-refractivity contribution in [1.82, 2.24) is 4.90 Å². The molecule has 0 bridgehead atoms. The summed E-state index contributed by atoms with van der Waals surface area (Å²) in [5.74, 6) is 0. The average Bonchev–Trinajstić information content (AvgIpc) is 2.47. The Labute approximate surface area is 116 Å². The Kier molecular flexibility index (Phi) is 5.17. The number of nitrogens with zero attached hydrogens (tertiary/aromatic N) is 1. The fourth-order valence-electron chi connectivity index (χ4n) is 2.27. The van der Waals surface area contributed by atoms with Gasteiger partial charge in [-0.15, -0.1) is 0 Å². The highest BCUT2D eigenvalue weighted by atomic mass is 15.1. The zero-order valence-electron chi connectivity index (χ0n) is 11.9. The molecule has 0 aliphatic rings. The molecule has 0 saturated carbocycles. The molecular formula is C18H23N. The lowest BCUT2D eigenvalue weighted by atomic mass is 10.1. The highest BCUT2D eigenvalue weighted by molar-refractivity contribution is 5.15. The van der Waals surface area contributed by atoms with Crippen LogP contribution in [0.3, 0.4) is 0 Å². The van der Waals surface area contributed by atoms with Gasteiger partial charge in [-0.3, -0.25) is 4.90 Å². The van der Waals surface area contributed by atoms with E-state index in [1.54, 1.807) is 0 Å². The molecule has 2 aromatic carbocycles. The molecule has 1 atom stereocenters. The van der Waals surface area contributed by atoms with Crippen LogP contribution in [0.15, 0.2) is 60.7 Å². The third-order valence-electron chi connectivity index (χ3n) is 3.72. The van der Waals surface area contributed by atoms with E-state index >= 15 is 0 Å². The van der Waals surface area contributed by atoms with Gasteiger partial charge in [0.15, 0.2) is 0 Å². The first kappa shape index (κ1) is 13.8. The molecule has 1 heteroatoms. The molecule has 1 nitrogen and oxygen atoms in total. The van der Waals surface area contributed by atoms with E-state index in [0.29, 0.717) is 6.04 Å². The van der Waals surface area contributed by atoms with E-state index in [-0.39, 0.29) is 0 Å². The minimum atomic E-state index is 0.598. The predicted octanol–water partition coefficient (Wildman–Crippen LogP) is 4.14. The van der Waals surface area contributed by atoms with Gasteiger partial charge in [-0.25, -0.2) is 0 Å². The van der Waals surface area contributed by atoms with E-state index in [1.807, 2.05) is 0 Å². The molecule has 0 aromatic heterocycles. The average molecular weight is 253 g/mol. The Morgan fingerprint density at radius 3 is 1.95 bits per heavy atom. The van der Waals surface area contributed by atoms with Crippen LogP contribution in [0.4, 0.5) is 0 Å². The van der Waals surface area contributed by atoms with Gasteiger partial charge in [0.1, 0.15) is 0 Å². The number of aryl methyl sites for hydroxylation is 1. The summed E-state index contributed by atoms with van der Waals surface area (Å²) in [4.78, 5) is 2.43. The summed E-state index contributed by atoms with van der Waals surface area (Å²) < 4.78 is 0. The van der Waals surface area contributed by atoms with Gasteiger partial charge in [-0.2, -0.15) is 0 Å². The Hall–Kier alpha value is -1.60. The van der Waals surface area contributed by atoms with Crippen molar-refractivity contribution in [1.29, 1.82) is 0 Å². The van der Waals surface area contributed by atoms with E-state index in [2.05, 4.69) is 79.5 Å². The Balaban J connectivity index is 1.81. The minimum Gasteiger partial charge on any atom is -0.299 e. The predicted molar refractivity (Wildman–Crippen MR) is 82.1 cm³/mol. The molecule has 100 valence electrons. The van der Waals surface area contributed by atoms with Gasteiger partial charge in [-0.05, 0) is 37.9 Å². The Morgan fingerprint density at radius 2 is 1.37 bits per heavy atom. The molecule has 0 aliphatic heterocycles. The van der Waals surface area contributed by atoms with E-state index < -0.39 is 0 Å². The lowest BCUT2D eigenvalue weighted by Gasteiger charge is -2.24. The molecule has 0 heterocycles. The van der Waals surface area contributed by atoms with E-state index in [9.17, 15) is 0 Å². The normalized spacial score (nSPS) is 12.6. The number of benzene rings is 2. The minimum absolute atomic E-state index is 0.598. The molecule has 0 saturated heterocycles. The lowest BCUT2D eigenvalue weighted by molar-refractivity contribution is 0.238. The molecule has 0 amide bonds. The van der Waals surface area contributed by atoms with E-state index in [0.717, 1.165) is 13.0 Å². The largest absolute Gasteiger partial charge is 0.299 e. The molecular weight excluding hydrogens is 230 g/mol. The molecule has 0 radical (unpaired) electrons. The third kappa shape index (κ3) is 4.53. The molecule has 19 heavy (non-hydrogen) atoms. The van der Waals surface area contributed by atoms with Crippen molar-refractivity contribution in [3.63, 3.8) is 0 Å². The summed E-state index contributed by atoms with van der Waals surface area (Å²) in [6.45, 7) is 3.34. The zero-order valence-corrected chi connectivity index (χ0v) is 11.9. The van der Waals surface area contributed by atoms with Gasteiger partial charge in [-0.1, -0.05) is 60.7 Å². The SMILES string of the molecule is CC(CCc1ccccc1)N(C)Cc1ccccc1. The standard InChI is InChI=1S/C18H23N/c1-16(13-14-17-9-5-3-6-10-17)19(2)15-18-11-7-4-8-12-18/h3-12,16H,13-15H2,1-2H3. The van der Waals surface area contributed by atoms with Crippen LogP contribution in [-0.2, 0) is 13.0 Å². The van der Waals surface area contributed by atoms with Crippen LogP contribution in [0.1, 0.15) is 24.5 Å². The summed E-state index contributed by atoms with van der Waals surface area (Å²) in [7, 11) is 2.21. The highest BCUT2D eigenvalue weighted by Crippen LogP contribution is 2.11. The molecule has 2 aromatic rings. The van der Waals surface area contributed by atoms with Crippen molar-refractivity contribution < 1.29 is 0 Å². The van der Waals surface area contributed by atoms with Crippen LogP contribution < -0.4 is 0 Å². The molecule has 2 rings (SSSR count). The molecule has 0 spiro atoms. The monoisotopic (exact) mass is 253 g/mol. The third-order valence-corrected chi connectivity index (χ3v) is 3.72. The number of rotatable bonds is 6. The summed E-state index contributed by atoms with van der Waals surface area (Å²) >= 11 is 0. The smallest absolute Gasteiger partial charge is 0.0233 e. The van der Waals surface area contributed by atoms with Crippen molar-refractivity contribution in [2.24, 2.45) is 0 Å². The van der Waals surface area contributed by atoms with Crippen LogP contribution in [-0.4, -0.2) is 18.0 Å². The van der Waals surface area contributed by atoms with Crippen LogP contribution >= 0.6 is 0 Å². The summed E-state index contributed by atoms with van der Waals surface area (Å²) in [6, 6.07) is 22.0. The maximum Gasteiger partial charge on any atom is 0.0233 e. The van der Waals surface area contributed by atoms with Gasteiger partial charge in [0.25, 0.3) is 0 Å². The van der Waals surface area contributed by atoms with E-state index in [4.69, 9.17) is 0 Å². The van der Waals surface area contributed by atoms with Gasteiger partial charge >= 0.3 is 0 Å². The summed E-state index contributed by atoms with van der Waals surface area (Å²) in [6.07, 6.45) is 2.36. The number of hydrogen-bond acceptors (Lipinski definition) is 1. The summed E-state index contributed by atoms with van der Waals surface area (Å²) in [5.41, 5.74) is 2.82. The highest BCUT2D eigenvalue weighted by Gasteiger charge is 2.09. The molecule has 0 aliphatic carbocycles. The van der Waals surface area contributed by atoms with Gasteiger partial charge in [0.2, 0.25) is 0 Å². The quantitative estimate of drug-likeness (QED) is 0.748. The van der Waals surface area contributed by atoms with E-state index in [1.165, 1.54) is 17.5 Å². The first-order valence-corrected chi connectivity index (χ1v) is 7.04. The number of hydrogen-bond donors (Lipinski definition) is 0. The first-order chi connectivity index (χ1) is 9.25.